The van der Waals surface area contributed by atoms with Crippen LogP contribution in [0.25, 0.3) is 11.1 Å². The summed E-state index contributed by atoms with van der Waals surface area (Å²) in [5.41, 5.74) is 1.12. The summed E-state index contributed by atoms with van der Waals surface area (Å²) in [6.45, 7) is -0.400. The standard InChI is InChI=1S/C17H14F2N2OS/c18-14-9-11(10-15(19)16(14)22-8-6-20)13-5-2-7-21-17(13)23-12-3-1-4-12/h2,5,7,9-10,12H,1,3-4,8H2. The van der Waals surface area contributed by atoms with Crippen LogP contribution < -0.4 is 4.74 Å². The summed E-state index contributed by atoms with van der Waals surface area (Å²) in [5, 5.41) is 9.76. The van der Waals surface area contributed by atoms with Gasteiger partial charge in [-0.15, -0.1) is 11.8 Å². The maximum atomic E-state index is 14.1. The van der Waals surface area contributed by atoms with E-state index in [4.69, 9.17) is 10.00 Å². The van der Waals surface area contributed by atoms with Crippen LogP contribution >= 0.6 is 11.8 Å². The molecule has 1 fully saturated rings. The molecule has 1 aliphatic rings. The summed E-state index contributed by atoms with van der Waals surface area (Å²) in [6.07, 6.45) is 5.18. The number of pyridine rings is 1. The predicted molar refractivity (Wildman–Crippen MR) is 84.2 cm³/mol. The van der Waals surface area contributed by atoms with Gasteiger partial charge in [-0.2, -0.15) is 5.26 Å². The molecule has 1 aliphatic carbocycles. The number of nitrogens with zero attached hydrogens (tertiary/aromatic N) is 2. The zero-order valence-corrected chi connectivity index (χ0v) is 13.1. The average Bonchev–Trinajstić information content (AvgIpc) is 2.50. The lowest BCUT2D eigenvalue weighted by molar-refractivity contribution is 0.325. The Labute approximate surface area is 137 Å². The van der Waals surface area contributed by atoms with E-state index in [-0.39, 0.29) is 0 Å². The lowest BCUT2D eigenvalue weighted by Gasteiger charge is -2.25. The first-order chi connectivity index (χ1) is 11.2. The fourth-order valence-electron chi connectivity index (χ4n) is 2.31. The molecule has 118 valence electrons. The molecular weight excluding hydrogens is 318 g/mol. The van der Waals surface area contributed by atoms with E-state index in [1.165, 1.54) is 18.6 Å². The molecule has 0 unspecified atom stereocenters. The zero-order chi connectivity index (χ0) is 16.2. The van der Waals surface area contributed by atoms with Gasteiger partial charge in [-0.05, 0) is 36.6 Å². The molecule has 23 heavy (non-hydrogen) atoms. The average molecular weight is 332 g/mol. The van der Waals surface area contributed by atoms with Gasteiger partial charge in [0.25, 0.3) is 0 Å². The normalized spacial score (nSPS) is 14.1. The molecule has 3 nitrogen and oxygen atoms in total. The highest BCUT2D eigenvalue weighted by Gasteiger charge is 2.22. The van der Waals surface area contributed by atoms with Gasteiger partial charge in [-0.3, -0.25) is 0 Å². The Hall–Kier alpha value is -2.13. The van der Waals surface area contributed by atoms with Crippen LogP contribution in [0.2, 0.25) is 0 Å². The van der Waals surface area contributed by atoms with E-state index in [0.717, 1.165) is 17.9 Å². The van der Waals surface area contributed by atoms with Gasteiger partial charge in [0.1, 0.15) is 11.1 Å². The molecule has 1 saturated carbocycles. The molecule has 2 aromatic rings. The number of thioether (sulfide) groups is 1. The molecule has 0 radical (unpaired) electrons. The van der Waals surface area contributed by atoms with Crippen LogP contribution in [-0.2, 0) is 0 Å². The number of rotatable bonds is 5. The smallest absolute Gasteiger partial charge is 0.192 e. The quantitative estimate of drug-likeness (QED) is 0.804. The molecule has 0 aliphatic heterocycles. The fourth-order valence-corrected chi connectivity index (χ4v) is 3.63. The van der Waals surface area contributed by atoms with Crippen molar-refractivity contribution in [2.45, 2.75) is 29.5 Å². The molecular formula is C17H14F2N2OS. The van der Waals surface area contributed by atoms with Gasteiger partial charge in [0, 0.05) is 17.0 Å². The van der Waals surface area contributed by atoms with Crippen LogP contribution in [-0.4, -0.2) is 16.8 Å². The summed E-state index contributed by atoms with van der Waals surface area (Å²) < 4.78 is 33.0. The third-order valence-electron chi connectivity index (χ3n) is 3.69. The van der Waals surface area contributed by atoms with Crippen molar-refractivity contribution < 1.29 is 13.5 Å². The molecule has 0 atom stereocenters. The minimum Gasteiger partial charge on any atom is -0.473 e. The molecule has 3 rings (SSSR count). The first-order valence-electron chi connectivity index (χ1n) is 7.30. The van der Waals surface area contributed by atoms with E-state index in [1.807, 2.05) is 0 Å². The topological polar surface area (TPSA) is 45.9 Å². The van der Waals surface area contributed by atoms with Gasteiger partial charge in [0.15, 0.2) is 24.0 Å². The minimum absolute atomic E-state index is 0.400. The molecule has 1 heterocycles. The Morgan fingerprint density at radius 3 is 2.65 bits per heavy atom. The fraction of sp³-hybridized carbons (Fsp3) is 0.294. The lowest BCUT2D eigenvalue weighted by atomic mass is 10.00. The van der Waals surface area contributed by atoms with Crippen molar-refractivity contribution in [3.63, 3.8) is 0 Å². The van der Waals surface area contributed by atoms with E-state index in [0.29, 0.717) is 16.4 Å². The third kappa shape index (κ3) is 3.45. The highest BCUT2D eigenvalue weighted by atomic mass is 32.2. The summed E-state index contributed by atoms with van der Waals surface area (Å²) in [6, 6.07) is 7.68. The van der Waals surface area contributed by atoms with Crippen LogP contribution in [0.1, 0.15) is 19.3 Å². The van der Waals surface area contributed by atoms with E-state index >= 15 is 0 Å². The molecule has 0 saturated heterocycles. The first-order valence-corrected chi connectivity index (χ1v) is 8.18. The summed E-state index contributed by atoms with van der Waals surface area (Å²) in [7, 11) is 0. The molecule has 0 amide bonds. The second-order valence-corrected chi connectivity index (χ2v) is 6.53. The summed E-state index contributed by atoms with van der Waals surface area (Å²) in [4.78, 5) is 4.35. The molecule has 6 heteroatoms. The van der Waals surface area contributed by atoms with Crippen molar-refractivity contribution in [3.8, 4) is 22.9 Å². The maximum absolute atomic E-state index is 14.1. The van der Waals surface area contributed by atoms with Crippen LogP contribution in [0.15, 0.2) is 35.5 Å². The van der Waals surface area contributed by atoms with Crippen LogP contribution in [0.3, 0.4) is 0 Å². The van der Waals surface area contributed by atoms with Crippen molar-refractivity contribution in [3.05, 3.63) is 42.1 Å². The van der Waals surface area contributed by atoms with Crippen molar-refractivity contribution in [2.24, 2.45) is 0 Å². The summed E-state index contributed by atoms with van der Waals surface area (Å²) >= 11 is 1.65. The monoisotopic (exact) mass is 332 g/mol. The van der Waals surface area contributed by atoms with Gasteiger partial charge in [-0.25, -0.2) is 13.8 Å². The molecule has 0 bridgehead atoms. The predicted octanol–water partition coefficient (Wildman–Crippen LogP) is 4.57. The van der Waals surface area contributed by atoms with Crippen LogP contribution in [0.5, 0.6) is 5.75 Å². The van der Waals surface area contributed by atoms with Gasteiger partial charge in [0.05, 0.1) is 0 Å². The summed E-state index contributed by atoms with van der Waals surface area (Å²) in [5.74, 6) is -2.16. The highest BCUT2D eigenvalue weighted by molar-refractivity contribution is 8.00. The number of ether oxygens (including phenoxy) is 1. The Kier molecular flexibility index (Phi) is 4.77. The van der Waals surface area contributed by atoms with Gasteiger partial charge < -0.3 is 4.74 Å². The van der Waals surface area contributed by atoms with E-state index < -0.39 is 24.0 Å². The molecule has 1 aromatic carbocycles. The Balaban J connectivity index is 1.94. The van der Waals surface area contributed by atoms with E-state index in [2.05, 4.69) is 4.98 Å². The van der Waals surface area contributed by atoms with Gasteiger partial charge in [0.2, 0.25) is 0 Å². The Morgan fingerprint density at radius 2 is 2.04 bits per heavy atom. The van der Waals surface area contributed by atoms with E-state index in [1.54, 1.807) is 36.2 Å². The number of halogens is 2. The zero-order valence-electron chi connectivity index (χ0n) is 12.3. The van der Waals surface area contributed by atoms with Gasteiger partial charge >= 0.3 is 0 Å². The maximum Gasteiger partial charge on any atom is 0.192 e. The lowest BCUT2D eigenvalue weighted by Crippen LogP contribution is -2.13. The molecule has 0 spiro atoms. The SMILES string of the molecule is N#CCOc1c(F)cc(-c2cccnc2SC2CCC2)cc1F. The van der Waals surface area contributed by atoms with Crippen molar-refractivity contribution in [2.75, 3.05) is 6.61 Å². The molecule has 1 aromatic heterocycles. The number of hydrogen-bond donors (Lipinski definition) is 0. The van der Waals surface area contributed by atoms with Gasteiger partial charge in [-0.1, -0.05) is 12.5 Å². The highest BCUT2D eigenvalue weighted by Crippen LogP contribution is 2.40. The minimum atomic E-state index is -0.821. The second-order valence-electron chi connectivity index (χ2n) is 5.24. The number of aromatic nitrogens is 1. The van der Waals surface area contributed by atoms with Crippen molar-refractivity contribution in [1.29, 1.82) is 5.26 Å². The number of benzene rings is 1. The third-order valence-corrected chi connectivity index (χ3v) is 5.05. The largest absolute Gasteiger partial charge is 0.473 e. The van der Waals surface area contributed by atoms with Crippen molar-refractivity contribution in [1.82, 2.24) is 4.98 Å². The second kappa shape index (κ2) is 6.97. The molecule has 0 N–H and O–H groups in total. The number of nitriles is 1. The van der Waals surface area contributed by atoms with E-state index in [9.17, 15) is 8.78 Å². The number of hydrogen-bond acceptors (Lipinski definition) is 4. The van der Waals surface area contributed by atoms with Crippen LogP contribution in [0, 0.1) is 23.0 Å². The Bertz CT molecular complexity index is 733. The Morgan fingerprint density at radius 1 is 1.30 bits per heavy atom. The van der Waals surface area contributed by atoms with Crippen LogP contribution in [0.4, 0.5) is 8.78 Å². The van der Waals surface area contributed by atoms with Crippen molar-refractivity contribution >= 4 is 11.8 Å². The first kappa shape index (κ1) is 15.8.